The van der Waals surface area contributed by atoms with Crippen LogP contribution in [-0.4, -0.2) is 31.2 Å². The highest BCUT2D eigenvalue weighted by Crippen LogP contribution is 2.48. The van der Waals surface area contributed by atoms with E-state index in [0.717, 1.165) is 12.0 Å². The number of benzene rings is 1. The van der Waals surface area contributed by atoms with Gasteiger partial charge in [0, 0.05) is 0 Å². The number of nitrogens with one attached hydrogen (secondary N) is 1. The molecule has 1 aromatic rings. The molecule has 25 heavy (non-hydrogen) atoms. The maximum absolute atomic E-state index is 12.7. The monoisotopic (exact) mass is 345 g/mol. The quantitative estimate of drug-likeness (QED) is 0.774. The Hall–Kier alpha value is -2.50. The van der Waals surface area contributed by atoms with E-state index in [9.17, 15) is 14.7 Å². The highest BCUT2D eigenvalue weighted by molar-refractivity contribution is 5.87. The molecule has 1 aromatic carbocycles. The second kappa shape index (κ2) is 6.78. The molecule has 2 N–H and O–H groups in total. The van der Waals surface area contributed by atoms with Gasteiger partial charge in [-0.15, -0.1) is 0 Å². The van der Waals surface area contributed by atoms with Crippen molar-refractivity contribution in [1.29, 1.82) is 0 Å². The van der Waals surface area contributed by atoms with E-state index in [1.807, 2.05) is 31.2 Å². The van der Waals surface area contributed by atoms with Gasteiger partial charge in [0.2, 0.25) is 5.91 Å². The number of carboxylic acid groups (broad SMARTS) is 1. The lowest BCUT2D eigenvalue weighted by Gasteiger charge is -2.26. The summed E-state index contributed by atoms with van der Waals surface area (Å²) < 4.78 is 10.5. The lowest BCUT2D eigenvalue weighted by molar-refractivity contribution is -0.148. The Morgan fingerprint density at radius 3 is 2.36 bits per heavy atom. The Labute approximate surface area is 146 Å². The molecule has 134 valence electrons. The van der Waals surface area contributed by atoms with E-state index in [2.05, 4.69) is 5.32 Å². The molecule has 0 aliphatic heterocycles. The van der Waals surface area contributed by atoms with E-state index in [1.165, 1.54) is 0 Å². The molecule has 1 saturated carbocycles. The molecule has 2 bridgehead atoms. The predicted molar refractivity (Wildman–Crippen MR) is 91.5 cm³/mol. The van der Waals surface area contributed by atoms with Gasteiger partial charge < -0.3 is 19.9 Å². The third-order valence-electron chi connectivity index (χ3n) is 5.31. The minimum absolute atomic E-state index is 0.0173. The van der Waals surface area contributed by atoms with E-state index in [4.69, 9.17) is 9.47 Å². The van der Waals surface area contributed by atoms with Crippen molar-refractivity contribution in [1.82, 2.24) is 5.32 Å². The maximum Gasteiger partial charge on any atom is 0.307 e. The molecule has 0 heterocycles. The minimum Gasteiger partial charge on any atom is -0.493 e. The number of allylic oxidation sites excluding steroid dienone is 2. The molecule has 0 saturated heterocycles. The van der Waals surface area contributed by atoms with Gasteiger partial charge in [0.1, 0.15) is 0 Å². The average molecular weight is 345 g/mol. The zero-order valence-electron chi connectivity index (χ0n) is 14.6. The molecular formula is C19H23NO5. The van der Waals surface area contributed by atoms with E-state index in [1.54, 1.807) is 20.3 Å². The Morgan fingerprint density at radius 2 is 1.76 bits per heavy atom. The van der Waals surface area contributed by atoms with Crippen LogP contribution in [0.25, 0.3) is 0 Å². The van der Waals surface area contributed by atoms with Gasteiger partial charge in [0.25, 0.3) is 0 Å². The van der Waals surface area contributed by atoms with E-state index in [-0.39, 0.29) is 23.8 Å². The van der Waals surface area contributed by atoms with Crippen LogP contribution in [0.2, 0.25) is 0 Å². The fourth-order valence-electron chi connectivity index (χ4n) is 4.03. The van der Waals surface area contributed by atoms with Crippen molar-refractivity contribution in [2.24, 2.45) is 23.7 Å². The summed E-state index contributed by atoms with van der Waals surface area (Å²) in [6, 6.07) is 5.21. The molecule has 3 rings (SSSR count). The summed E-state index contributed by atoms with van der Waals surface area (Å²) in [6.07, 6.45) is 4.67. The summed E-state index contributed by atoms with van der Waals surface area (Å²) in [4.78, 5) is 24.3. The van der Waals surface area contributed by atoms with Crippen LogP contribution in [-0.2, 0) is 9.59 Å². The van der Waals surface area contributed by atoms with Crippen LogP contribution in [0.3, 0.4) is 0 Å². The highest BCUT2D eigenvalue weighted by Gasteiger charge is 2.51. The van der Waals surface area contributed by atoms with Crippen LogP contribution < -0.4 is 14.8 Å². The van der Waals surface area contributed by atoms with Gasteiger partial charge >= 0.3 is 5.97 Å². The van der Waals surface area contributed by atoms with Crippen LogP contribution in [0, 0.1) is 23.7 Å². The van der Waals surface area contributed by atoms with Crippen molar-refractivity contribution in [3.05, 3.63) is 35.9 Å². The summed E-state index contributed by atoms with van der Waals surface area (Å²) in [7, 11) is 3.13. The van der Waals surface area contributed by atoms with Crippen molar-refractivity contribution < 1.29 is 24.2 Å². The van der Waals surface area contributed by atoms with Crippen LogP contribution >= 0.6 is 0 Å². The van der Waals surface area contributed by atoms with E-state index < -0.39 is 17.8 Å². The number of amides is 1. The standard InChI is InChI=1S/C19H23NO5/c1-10(11-6-7-14(24-2)15(9-11)25-3)20-18(21)16-12-4-5-13(8-12)17(16)19(22)23/h4-7,9-10,12-13,16-17H,8H2,1-3H3,(H,20,21)(H,22,23). The smallest absolute Gasteiger partial charge is 0.307 e. The van der Waals surface area contributed by atoms with Crippen molar-refractivity contribution in [2.45, 2.75) is 19.4 Å². The molecular weight excluding hydrogens is 322 g/mol. The fraction of sp³-hybridized carbons (Fsp3) is 0.474. The van der Waals surface area contributed by atoms with Crippen LogP contribution in [0.4, 0.5) is 0 Å². The normalized spacial score (nSPS) is 27.8. The van der Waals surface area contributed by atoms with Gasteiger partial charge in [-0.3, -0.25) is 9.59 Å². The van der Waals surface area contributed by atoms with Crippen LogP contribution in [0.5, 0.6) is 11.5 Å². The maximum atomic E-state index is 12.7. The first-order chi connectivity index (χ1) is 12.0. The number of carbonyl (C=O) groups is 2. The molecule has 6 heteroatoms. The zero-order valence-corrected chi connectivity index (χ0v) is 14.6. The SMILES string of the molecule is COc1ccc(C(C)NC(=O)C2C3C=CC(C3)C2C(=O)O)cc1OC. The number of ether oxygens (including phenoxy) is 2. The first kappa shape index (κ1) is 17.3. The topological polar surface area (TPSA) is 84.9 Å². The Morgan fingerprint density at radius 1 is 1.12 bits per heavy atom. The molecule has 0 spiro atoms. The van der Waals surface area contributed by atoms with Crippen molar-refractivity contribution in [3.8, 4) is 11.5 Å². The Kier molecular flexibility index (Phi) is 4.70. The predicted octanol–water partition coefficient (Wildman–Crippen LogP) is 2.40. The third kappa shape index (κ3) is 3.08. The number of hydrogen-bond acceptors (Lipinski definition) is 4. The molecule has 1 fully saturated rings. The van der Waals surface area contributed by atoms with Gasteiger partial charge in [0.15, 0.2) is 11.5 Å². The number of aliphatic carboxylic acids is 1. The van der Waals surface area contributed by atoms with Gasteiger partial charge in [-0.25, -0.2) is 0 Å². The van der Waals surface area contributed by atoms with E-state index >= 15 is 0 Å². The molecule has 0 radical (unpaired) electrons. The van der Waals surface area contributed by atoms with Gasteiger partial charge in [-0.05, 0) is 42.9 Å². The summed E-state index contributed by atoms with van der Waals surface area (Å²) in [6.45, 7) is 1.87. The molecule has 5 unspecified atom stereocenters. The number of carboxylic acids is 1. The van der Waals surface area contributed by atoms with Gasteiger partial charge in [-0.1, -0.05) is 18.2 Å². The van der Waals surface area contributed by atoms with Crippen LogP contribution in [0.15, 0.2) is 30.4 Å². The lowest BCUT2D eigenvalue weighted by Crippen LogP contribution is -2.41. The van der Waals surface area contributed by atoms with Crippen molar-refractivity contribution in [3.63, 3.8) is 0 Å². The molecule has 2 aliphatic rings. The first-order valence-electron chi connectivity index (χ1n) is 8.39. The highest BCUT2D eigenvalue weighted by atomic mass is 16.5. The molecule has 6 nitrogen and oxygen atoms in total. The number of carbonyl (C=O) groups excluding carboxylic acids is 1. The summed E-state index contributed by atoms with van der Waals surface area (Å²) >= 11 is 0. The van der Waals surface area contributed by atoms with Gasteiger partial charge in [0.05, 0.1) is 32.1 Å². The Bertz CT molecular complexity index is 714. The average Bonchev–Trinajstić information content (AvgIpc) is 3.22. The minimum atomic E-state index is -0.893. The van der Waals surface area contributed by atoms with Gasteiger partial charge in [-0.2, -0.15) is 0 Å². The van der Waals surface area contributed by atoms with E-state index in [0.29, 0.717) is 11.5 Å². The molecule has 2 aliphatic carbocycles. The van der Waals surface area contributed by atoms with Crippen LogP contribution in [0.1, 0.15) is 24.9 Å². The zero-order chi connectivity index (χ0) is 18.1. The Balaban J connectivity index is 1.74. The second-order valence-electron chi connectivity index (χ2n) is 6.68. The lowest BCUT2D eigenvalue weighted by atomic mass is 9.82. The summed E-state index contributed by atoms with van der Waals surface area (Å²) in [5, 5.41) is 12.5. The molecule has 0 aromatic heterocycles. The number of hydrogen-bond donors (Lipinski definition) is 2. The fourth-order valence-corrected chi connectivity index (χ4v) is 4.03. The van der Waals surface area contributed by atoms with Crippen molar-refractivity contribution >= 4 is 11.9 Å². The molecule has 1 amide bonds. The largest absolute Gasteiger partial charge is 0.493 e. The molecule has 5 atom stereocenters. The summed E-state index contributed by atoms with van der Waals surface area (Å²) in [5.74, 6) is -1.04. The van der Waals surface area contributed by atoms with Crippen molar-refractivity contribution in [2.75, 3.05) is 14.2 Å². The number of methoxy groups -OCH3 is 2. The number of fused-ring (bicyclic) bond motifs is 2. The third-order valence-corrected chi connectivity index (χ3v) is 5.31. The number of rotatable bonds is 6. The first-order valence-corrected chi connectivity index (χ1v) is 8.39. The second-order valence-corrected chi connectivity index (χ2v) is 6.68. The summed E-state index contributed by atoms with van der Waals surface area (Å²) in [5.41, 5.74) is 0.872.